The average molecular weight is 521 g/mol. The van der Waals surface area contributed by atoms with Crippen LogP contribution in [0.4, 0.5) is 22.7 Å². The fourth-order valence-electron chi connectivity index (χ4n) is 3.29. The van der Waals surface area contributed by atoms with E-state index in [0.717, 1.165) is 12.5 Å². The normalized spacial score (nSPS) is 10.5. The number of ether oxygens (including phenoxy) is 2. The van der Waals surface area contributed by atoms with Crippen molar-refractivity contribution >= 4 is 34.6 Å². The number of nitrogens with one attached hydrogen (secondary N) is 3. The topological polar surface area (TPSA) is 213 Å². The quantitative estimate of drug-likeness (QED) is 0.0771. The highest BCUT2D eigenvalue weighted by Crippen LogP contribution is 2.37. The van der Waals surface area contributed by atoms with Gasteiger partial charge in [0.1, 0.15) is 17.2 Å². The minimum Gasteiger partial charge on any atom is -0.491 e. The van der Waals surface area contributed by atoms with Gasteiger partial charge < -0.3 is 31.6 Å². The van der Waals surface area contributed by atoms with E-state index in [1.807, 2.05) is 13.8 Å². The predicted molar refractivity (Wildman–Crippen MR) is 137 cm³/mol. The van der Waals surface area contributed by atoms with Crippen LogP contribution in [-0.2, 0) is 4.99 Å². The summed E-state index contributed by atoms with van der Waals surface area (Å²) in [5, 5.41) is 26.5. The standard InChI is InChI=1S/C23H32N6O8/c1-3-6-26-20-16(28-37-34)10-14(22(24)30)12-18(20)35-8-5-9-36-19-13-15(23(25)31)11-17(29(32)33)21(19)27-7-4-2/h10-13,26-28,34H,3-9H2,1-2H3,(H2,24,30)(H2,25,31). The lowest BCUT2D eigenvalue weighted by Gasteiger charge is -2.18. The van der Waals surface area contributed by atoms with Gasteiger partial charge in [0.25, 0.3) is 5.69 Å². The van der Waals surface area contributed by atoms with Crippen LogP contribution in [0.3, 0.4) is 0 Å². The van der Waals surface area contributed by atoms with Crippen molar-refractivity contribution in [1.29, 1.82) is 0 Å². The van der Waals surface area contributed by atoms with Crippen molar-refractivity contribution in [2.45, 2.75) is 33.1 Å². The van der Waals surface area contributed by atoms with Crippen LogP contribution in [0, 0.1) is 10.1 Å². The number of nitro benzene ring substituents is 1. The van der Waals surface area contributed by atoms with Crippen molar-refractivity contribution < 1.29 is 34.2 Å². The van der Waals surface area contributed by atoms with Gasteiger partial charge in [0.2, 0.25) is 11.8 Å². The molecule has 0 spiro atoms. The Morgan fingerprint density at radius 3 is 1.92 bits per heavy atom. The minimum atomic E-state index is -0.823. The fourth-order valence-corrected chi connectivity index (χ4v) is 3.29. The number of hydrogen-bond donors (Lipinski definition) is 6. The molecule has 202 valence electrons. The molecule has 2 aromatic carbocycles. The molecule has 0 fully saturated rings. The summed E-state index contributed by atoms with van der Waals surface area (Å²) in [5.74, 6) is -1.14. The van der Waals surface area contributed by atoms with Crippen LogP contribution in [0.1, 0.15) is 53.8 Å². The van der Waals surface area contributed by atoms with Gasteiger partial charge >= 0.3 is 0 Å². The van der Waals surface area contributed by atoms with E-state index in [4.69, 9.17) is 26.2 Å². The first-order valence-corrected chi connectivity index (χ1v) is 11.6. The summed E-state index contributed by atoms with van der Waals surface area (Å²) >= 11 is 0. The number of nitrogens with zero attached hydrogens (tertiary/aromatic N) is 1. The first kappa shape index (κ1) is 28.9. The van der Waals surface area contributed by atoms with Gasteiger partial charge in [-0.05, 0) is 31.0 Å². The second-order valence-corrected chi connectivity index (χ2v) is 7.85. The molecule has 0 heterocycles. The van der Waals surface area contributed by atoms with Gasteiger partial charge in [0.05, 0.1) is 23.8 Å². The molecule has 2 amide bonds. The summed E-state index contributed by atoms with van der Waals surface area (Å²) in [6.07, 6.45) is 1.82. The third kappa shape index (κ3) is 8.12. The minimum absolute atomic E-state index is 0.0546. The summed E-state index contributed by atoms with van der Waals surface area (Å²) in [6.45, 7) is 5.08. The Labute approximate surface area is 213 Å². The molecule has 0 radical (unpaired) electrons. The van der Waals surface area contributed by atoms with Crippen molar-refractivity contribution in [3.63, 3.8) is 0 Å². The molecule has 37 heavy (non-hydrogen) atoms. The van der Waals surface area contributed by atoms with Crippen molar-refractivity contribution in [3.8, 4) is 11.5 Å². The number of amides is 2. The smallest absolute Gasteiger partial charge is 0.296 e. The highest BCUT2D eigenvalue weighted by molar-refractivity contribution is 5.97. The van der Waals surface area contributed by atoms with Crippen LogP contribution >= 0.6 is 0 Å². The number of carbonyl (C=O) groups excluding carboxylic acids is 2. The Morgan fingerprint density at radius 1 is 0.919 bits per heavy atom. The second kappa shape index (κ2) is 14.3. The SMILES string of the molecule is CCCNc1c(NOO)cc(C(N)=O)cc1OCCCOc1cc(C(N)=O)cc([N+](=O)[O-])c1NCCC. The molecule has 0 aliphatic heterocycles. The Kier molecular flexibility index (Phi) is 11.2. The predicted octanol–water partition coefficient (Wildman–Crippen LogP) is 3.10. The Hall–Kier alpha value is -4.30. The number of nitro groups is 1. The first-order chi connectivity index (χ1) is 17.7. The van der Waals surface area contributed by atoms with E-state index in [2.05, 4.69) is 21.1 Å². The van der Waals surface area contributed by atoms with Crippen molar-refractivity contribution in [1.82, 2.24) is 0 Å². The molecule has 2 rings (SSSR count). The van der Waals surface area contributed by atoms with Crippen molar-refractivity contribution in [3.05, 3.63) is 45.5 Å². The van der Waals surface area contributed by atoms with Gasteiger partial charge in [-0.15, -0.1) is 4.99 Å². The number of carbonyl (C=O) groups is 2. The van der Waals surface area contributed by atoms with Crippen LogP contribution in [0.2, 0.25) is 0 Å². The summed E-state index contributed by atoms with van der Waals surface area (Å²) in [5.41, 5.74) is 13.6. The average Bonchev–Trinajstić information content (AvgIpc) is 2.86. The lowest BCUT2D eigenvalue weighted by molar-refractivity contribution is -0.384. The van der Waals surface area contributed by atoms with Crippen LogP contribution in [0.25, 0.3) is 0 Å². The Bertz CT molecular complexity index is 1110. The molecule has 0 aliphatic carbocycles. The molecule has 14 heteroatoms. The van der Waals surface area contributed by atoms with Crippen LogP contribution in [0.15, 0.2) is 24.3 Å². The third-order valence-electron chi connectivity index (χ3n) is 5.01. The zero-order chi connectivity index (χ0) is 27.4. The number of rotatable bonds is 17. The highest BCUT2D eigenvalue weighted by Gasteiger charge is 2.22. The number of hydrogen-bond acceptors (Lipinski definition) is 11. The van der Waals surface area contributed by atoms with Crippen molar-refractivity contribution in [2.75, 3.05) is 42.4 Å². The van der Waals surface area contributed by atoms with E-state index in [-0.39, 0.29) is 52.9 Å². The van der Waals surface area contributed by atoms with E-state index in [9.17, 15) is 19.7 Å². The lowest BCUT2D eigenvalue weighted by atomic mass is 10.1. The summed E-state index contributed by atoms with van der Waals surface area (Å²) in [6, 6.07) is 5.31. The van der Waals surface area contributed by atoms with Gasteiger partial charge in [-0.2, -0.15) is 0 Å². The van der Waals surface area contributed by atoms with E-state index in [1.54, 1.807) is 0 Å². The fraction of sp³-hybridized carbons (Fsp3) is 0.391. The van der Waals surface area contributed by atoms with Gasteiger partial charge in [-0.1, -0.05) is 13.8 Å². The Morgan fingerprint density at radius 2 is 1.43 bits per heavy atom. The zero-order valence-corrected chi connectivity index (χ0v) is 20.7. The maximum atomic E-state index is 11.7. The molecule has 2 aromatic rings. The van der Waals surface area contributed by atoms with E-state index >= 15 is 0 Å². The first-order valence-electron chi connectivity index (χ1n) is 11.6. The molecule has 0 aliphatic rings. The molecule has 0 atom stereocenters. The highest BCUT2D eigenvalue weighted by atomic mass is 17.2. The molecular weight excluding hydrogens is 488 g/mol. The van der Waals surface area contributed by atoms with Gasteiger partial charge in [-0.3, -0.25) is 19.7 Å². The van der Waals surface area contributed by atoms with Crippen molar-refractivity contribution in [2.24, 2.45) is 11.5 Å². The van der Waals surface area contributed by atoms with Crippen LogP contribution < -0.4 is 37.1 Å². The molecule has 0 unspecified atom stereocenters. The largest absolute Gasteiger partial charge is 0.491 e. The summed E-state index contributed by atoms with van der Waals surface area (Å²) < 4.78 is 11.6. The van der Waals surface area contributed by atoms with Crippen LogP contribution in [-0.4, -0.2) is 48.3 Å². The number of primary amides is 2. The zero-order valence-electron chi connectivity index (χ0n) is 20.7. The lowest BCUT2D eigenvalue weighted by Crippen LogP contribution is -2.15. The monoisotopic (exact) mass is 520 g/mol. The number of anilines is 3. The molecular formula is C23H32N6O8. The summed E-state index contributed by atoms with van der Waals surface area (Å²) in [7, 11) is 0. The third-order valence-corrected chi connectivity index (χ3v) is 5.01. The summed E-state index contributed by atoms with van der Waals surface area (Å²) in [4.78, 5) is 38.4. The van der Waals surface area contributed by atoms with Gasteiger partial charge in [0, 0.05) is 36.7 Å². The molecule has 8 N–H and O–H groups in total. The molecule has 0 saturated carbocycles. The Balaban J connectivity index is 2.19. The van der Waals surface area contributed by atoms with E-state index in [0.29, 0.717) is 31.6 Å². The number of nitrogens with two attached hydrogens (primary N) is 2. The van der Waals surface area contributed by atoms with E-state index < -0.39 is 16.7 Å². The second-order valence-electron chi connectivity index (χ2n) is 7.85. The van der Waals surface area contributed by atoms with Gasteiger partial charge in [-0.25, -0.2) is 10.7 Å². The van der Waals surface area contributed by atoms with Gasteiger partial charge in [0.15, 0.2) is 5.69 Å². The molecule has 0 bridgehead atoms. The van der Waals surface area contributed by atoms with E-state index in [1.165, 1.54) is 18.2 Å². The molecule has 14 nitrogen and oxygen atoms in total. The maximum Gasteiger partial charge on any atom is 0.296 e. The molecule has 0 saturated heterocycles. The number of benzene rings is 2. The maximum absolute atomic E-state index is 11.7. The molecule has 0 aromatic heterocycles. The van der Waals surface area contributed by atoms with Crippen LogP contribution in [0.5, 0.6) is 11.5 Å².